The lowest BCUT2D eigenvalue weighted by Crippen LogP contribution is -2.35. The summed E-state index contributed by atoms with van der Waals surface area (Å²) >= 11 is 0. The molecule has 1 aliphatic carbocycles. The van der Waals surface area contributed by atoms with Crippen LogP contribution in [0.1, 0.15) is 61.3 Å². The van der Waals surface area contributed by atoms with Gasteiger partial charge in [0, 0.05) is 19.5 Å². The summed E-state index contributed by atoms with van der Waals surface area (Å²) in [5, 5.41) is 3.17. The van der Waals surface area contributed by atoms with Crippen molar-refractivity contribution in [1.29, 1.82) is 0 Å². The molecule has 1 N–H and O–H groups in total. The van der Waals surface area contributed by atoms with Gasteiger partial charge < -0.3 is 10.1 Å². The number of methoxy groups -OCH3 is 1. The number of nitrogens with one attached hydrogen (secondary N) is 1. The number of nitrogens with zero attached hydrogens (tertiary/aromatic N) is 1. The fourth-order valence-electron chi connectivity index (χ4n) is 4.78. The summed E-state index contributed by atoms with van der Waals surface area (Å²) < 4.78 is 33.1. The molecule has 0 radical (unpaired) electrons. The lowest BCUT2D eigenvalue weighted by Gasteiger charge is -2.26. The number of fused-ring (bicyclic) bond motifs is 1. The van der Waals surface area contributed by atoms with Crippen LogP contribution in [0.25, 0.3) is 0 Å². The highest BCUT2D eigenvalue weighted by Crippen LogP contribution is 2.30. The second-order valence-electron chi connectivity index (χ2n) is 8.65. The molecule has 1 heterocycles. The minimum Gasteiger partial charge on any atom is -0.496 e. The molecule has 1 saturated heterocycles. The smallest absolute Gasteiger partial charge is 0.243 e. The van der Waals surface area contributed by atoms with Crippen molar-refractivity contribution in [2.24, 2.45) is 0 Å². The van der Waals surface area contributed by atoms with E-state index >= 15 is 0 Å². The van der Waals surface area contributed by atoms with Gasteiger partial charge in [0.15, 0.2) is 0 Å². The molecule has 0 spiro atoms. The molecule has 1 atom stereocenters. The van der Waals surface area contributed by atoms with Crippen LogP contribution in [0.3, 0.4) is 0 Å². The molecule has 7 heteroatoms. The third-order valence-corrected chi connectivity index (χ3v) is 8.43. The van der Waals surface area contributed by atoms with E-state index in [9.17, 15) is 13.2 Å². The van der Waals surface area contributed by atoms with Gasteiger partial charge in [-0.1, -0.05) is 30.7 Å². The standard InChI is InChI=1S/C25H32N2O4S/c1-31-24-14-13-21(32(29,30)27-16-5-2-6-17-27)18-20(24)12-15-25(28)26-23-11-7-9-19-8-3-4-10-22(19)23/h3-4,8,10,13-14,18,23H,2,5-7,9,11-12,15-17H2,1H3,(H,26,28)/t23-/m0/s1. The molecule has 0 bridgehead atoms. The third-order valence-electron chi connectivity index (χ3n) is 6.53. The maximum atomic E-state index is 13.1. The SMILES string of the molecule is COc1ccc(S(=O)(=O)N2CCCCC2)cc1CCC(=O)N[C@H]1CCCc2ccccc21. The highest BCUT2D eigenvalue weighted by Gasteiger charge is 2.27. The van der Waals surface area contributed by atoms with Gasteiger partial charge in [-0.3, -0.25) is 4.79 Å². The predicted octanol–water partition coefficient (Wildman–Crippen LogP) is 4.00. The van der Waals surface area contributed by atoms with Crippen molar-refractivity contribution in [3.8, 4) is 5.75 Å². The average Bonchev–Trinajstić information content (AvgIpc) is 2.83. The Hall–Kier alpha value is -2.38. The number of ether oxygens (including phenoxy) is 1. The van der Waals surface area contributed by atoms with Crippen LogP contribution in [0.15, 0.2) is 47.4 Å². The van der Waals surface area contributed by atoms with Crippen LogP contribution < -0.4 is 10.1 Å². The zero-order valence-corrected chi connectivity index (χ0v) is 19.5. The average molecular weight is 457 g/mol. The summed E-state index contributed by atoms with van der Waals surface area (Å²) in [6.07, 6.45) is 6.62. The van der Waals surface area contributed by atoms with E-state index in [1.165, 1.54) is 11.1 Å². The number of amides is 1. The van der Waals surface area contributed by atoms with Crippen molar-refractivity contribution >= 4 is 15.9 Å². The highest BCUT2D eigenvalue weighted by atomic mass is 32.2. The van der Waals surface area contributed by atoms with Crippen LogP contribution in [0.4, 0.5) is 0 Å². The first-order valence-electron chi connectivity index (χ1n) is 11.5. The maximum absolute atomic E-state index is 13.1. The van der Waals surface area contributed by atoms with E-state index in [-0.39, 0.29) is 23.3 Å². The molecule has 2 aromatic rings. The molecule has 4 rings (SSSR count). The van der Waals surface area contributed by atoms with Crippen molar-refractivity contribution in [3.63, 3.8) is 0 Å². The Morgan fingerprint density at radius 1 is 1.09 bits per heavy atom. The number of benzene rings is 2. The first kappa shape index (κ1) is 22.8. The zero-order chi connectivity index (χ0) is 22.6. The Bertz CT molecular complexity index is 1060. The van der Waals surface area contributed by atoms with Gasteiger partial charge in [0.05, 0.1) is 18.0 Å². The Kier molecular flexibility index (Phi) is 7.16. The number of hydrogen-bond donors (Lipinski definition) is 1. The quantitative estimate of drug-likeness (QED) is 0.683. The molecular formula is C25H32N2O4S. The fraction of sp³-hybridized carbons (Fsp3) is 0.480. The number of carbonyl (C=O) groups is 1. The number of aryl methyl sites for hydroxylation is 2. The van der Waals surface area contributed by atoms with E-state index < -0.39 is 10.0 Å². The monoisotopic (exact) mass is 456 g/mol. The Morgan fingerprint density at radius 2 is 1.88 bits per heavy atom. The van der Waals surface area contributed by atoms with Crippen molar-refractivity contribution in [2.45, 2.75) is 62.3 Å². The van der Waals surface area contributed by atoms with Gasteiger partial charge in [0.25, 0.3) is 0 Å². The molecule has 6 nitrogen and oxygen atoms in total. The number of piperidine rings is 1. The van der Waals surface area contributed by atoms with E-state index in [1.807, 2.05) is 12.1 Å². The molecule has 0 saturated carbocycles. The second kappa shape index (κ2) is 10.0. The van der Waals surface area contributed by atoms with Gasteiger partial charge in [-0.15, -0.1) is 0 Å². The van der Waals surface area contributed by atoms with Gasteiger partial charge in [-0.2, -0.15) is 4.31 Å². The summed E-state index contributed by atoms with van der Waals surface area (Å²) in [7, 11) is -1.96. The molecule has 32 heavy (non-hydrogen) atoms. The normalized spacial score (nSPS) is 19.2. The van der Waals surface area contributed by atoms with Crippen LogP contribution in [0.2, 0.25) is 0 Å². The summed E-state index contributed by atoms with van der Waals surface area (Å²) in [6.45, 7) is 1.13. The van der Waals surface area contributed by atoms with Crippen LogP contribution in [0.5, 0.6) is 5.75 Å². The minimum atomic E-state index is -3.53. The first-order valence-corrected chi connectivity index (χ1v) is 13.0. The molecule has 2 aliphatic rings. The van der Waals surface area contributed by atoms with Gasteiger partial charge in [-0.05, 0) is 73.4 Å². The highest BCUT2D eigenvalue weighted by molar-refractivity contribution is 7.89. The number of sulfonamides is 1. The van der Waals surface area contributed by atoms with Crippen LogP contribution in [-0.2, 0) is 27.7 Å². The lowest BCUT2D eigenvalue weighted by molar-refractivity contribution is -0.121. The Labute approximate surface area is 191 Å². The van der Waals surface area contributed by atoms with Crippen molar-refractivity contribution in [2.75, 3.05) is 20.2 Å². The van der Waals surface area contributed by atoms with E-state index in [4.69, 9.17) is 4.74 Å². The molecule has 0 aromatic heterocycles. The lowest BCUT2D eigenvalue weighted by atomic mass is 9.87. The summed E-state index contributed by atoms with van der Waals surface area (Å²) in [5.74, 6) is 0.580. The number of carbonyl (C=O) groups excluding carboxylic acids is 1. The van der Waals surface area contributed by atoms with E-state index in [2.05, 4.69) is 17.4 Å². The number of rotatable bonds is 7. The van der Waals surface area contributed by atoms with Crippen LogP contribution in [-0.4, -0.2) is 38.8 Å². The van der Waals surface area contributed by atoms with Gasteiger partial charge in [-0.25, -0.2) is 8.42 Å². The maximum Gasteiger partial charge on any atom is 0.243 e. The molecule has 1 fully saturated rings. The second-order valence-corrected chi connectivity index (χ2v) is 10.6. The summed E-state index contributed by atoms with van der Waals surface area (Å²) in [6, 6.07) is 13.3. The largest absolute Gasteiger partial charge is 0.496 e. The molecule has 172 valence electrons. The van der Waals surface area contributed by atoms with Gasteiger partial charge in [0.2, 0.25) is 15.9 Å². The number of hydrogen-bond acceptors (Lipinski definition) is 4. The predicted molar refractivity (Wildman–Crippen MR) is 124 cm³/mol. The summed E-state index contributed by atoms with van der Waals surface area (Å²) in [4.78, 5) is 13.0. The van der Waals surface area contributed by atoms with E-state index in [0.717, 1.165) is 44.1 Å². The fourth-order valence-corrected chi connectivity index (χ4v) is 6.35. The summed E-state index contributed by atoms with van der Waals surface area (Å²) in [5.41, 5.74) is 3.26. The van der Waals surface area contributed by atoms with Crippen LogP contribution >= 0.6 is 0 Å². The first-order chi connectivity index (χ1) is 15.5. The molecule has 0 unspecified atom stereocenters. The topological polar surface area (TPSA) is 75.7 Å². The third kappa shape index (κ3) is 4.99. The Balaban J connectivity index is 1.45. The van der Waals surface area contributed by atoms with Crippen molar-refractivity contribution in [1.82, 2.24) is 9.62 Å². The van der Waals surface area contributed by atoms with Crippen LogP contribution in [0, 0.1) is 0 Å². The molecule has 1 amide bonds. The van der Waals surface area contributed by atoms with Crippen molar-refractivity contribution < 1.29 is 17.9 Å². The van der Waals surface area contributed by atoms with E-state index in [1.54, 1.807) is 29.6 Å². The Morgan fingerprint density at radius 3 is 2.66 bits per heavy atom. The zero-order valence-electron chi connectivity index (χ0n) is 18.7. The van der Waals surface area contributed by atoms with Crippen molar-refractivity contribution in [3.05, 3.63) is 59.2 Å². The van der Waals surface area contributed by atoms with E-state index in [0.29, 0.717) is 25.3 Å². The molecule has 1 aliphatic heterocycles. The molecular weight excluding hydrogens is 424 g/mol. The van der Waals surface area contributed by atoms with Gasteiger partial charge >= 0.3 is 0 Å². The minimum absolute atomic E-state index is 0.0296. The molecule has 2 aromatic carbocycles. The van der Waals surface area contributed by atoms with Gasteiger partial charge in [0.1, 0.15) is 5.75 Å².